The standard InChI is InChI=1S/C17H25N3O7/c1-9-8-20(15(24)19-14(9)23)12-7-10(11(26-12)5-6-13(21)22)18-16(25)27-17(2,3)4/h8,10-12H,5-7H2,1-4H3,(H,18,25)(H,21,22)(H,19,23,24)/t10-,11+,12+/m0/s1. The molecule has 3 N–H and O–H groups in total. The van der Waals surface area contributed by atoms with Crippen molar-refractivity contribution in [3.8, 4) is 0 Å². The SMILES string of the molecule is Cc1cn([C@H]2C[C@H](NC(=O)OC(C)(C)C)[C@@H](CCC(=O)O)O2)c(=O)[nH]c1=O. The average Bonchev–Trinajstić information content (AvgIpc) is 2.89. The van der Waals surface area contributed by atoms with E-state index in [9.17, 15) is 19.2 Å². The predicted octanol–water partition coefficient (Wildman–Crippen LogP) is 0.891. The lowest BCUT2D eigenvalue weighted by molar-refractivity contribution is -0.138. The fourth-order valence-corrected chi connectivity index (χ4v) is 2.85. The number of aromatic amines is 1. The molecule has 1 aromatic heterocycles. The summed E-state index contributed by atoms with van der Waals surface area (Å²) < 4.78 is 12.3. The van der Waals surface area contributed by atoms with Crippen LogP contribution in [0.25, 0.3) is 0 Å². The van der Waals surface area contributed by atoms with Crippen molar-refractivity contribution in [2.45, 2.75) is 70.9 Å². The molecule has 1 fully saturated rings. The first-order valence-electron chi connectivity index (χ1n) is 8.65. The van der Waals surface area contributed by atoms with E-state index in [0.717, 1.165) is 0 Å². The number of hydrogen-bond acceptors (Lipinski definition) is 6. The van der Waals surface area contributed by atoms with Gasteiger partial charge in [-0.3, -0.25) is 19.1 Å². The Bertz CT molecular complexity index is 821. The van der Waals surface area contributed by atoms with Crippen LogP contribution in [0.1, 0.15) is 51.8 Å². The molecule has 1 aliphatic rings. The lowest BCUT2D eigenvalue weighted by Gasteiger charge is -2.23. The smallest absolute Gasteiger partial charge is 0.407 e. The van der Waals surface area contributed by atoms with Crippen LogP contribution in [0, 0.1) is 6.92 Å². The van der Waals surface area contributed by atoms with Crippen LogP contribution in [-0.4, -0.2) is 44.5 Å². The number of ether oxygens (including phenoxy) is 2. The van der Waals surface area contributed by atoms with E-state index in [0.29, 0.717) is 5.56 Å². The third-order valence-corrected chi connectivity index (χ3v) is 4.04. The van der Waals surface area contributed by atoms with Crippen LogP contribution in [0.3, 0.4) is 0 Å². The van der Waals surface area contributed by atoms with Crippen molar-refractivity contribution in [2.24, 2.45) is 0 Å². The van der Waals surface area contributed by atoms with Gasteiger partial charge in [-0.2, -0.15) is 0 Å². The summed E-state index contributed by atoms with van der Waals surface area (Å²) >= 11 is 0. The molecule has 0 radical (unpaired) electrons. The summed E-state index contributed by atoms with van der Waals surface area (Å²) in [5.41, 5.74) is -1.47. The number of carbonyl (C=O) groups excluding carboxylic acids is 1. The van der Waals surface area contributed by atoms with E-state index < -0.39 is 47.3 Å². The Morgan fingerprint density at radius 3 is 2.67 bits per heavy atom. The van der Waals surface area contributed by atoms with Crippen molar-refractivity contribution in [1.29, 1.82) is 0 Å². The highest BCUT2D eigenvalue weighted by Gasteiger charge is 2.38. The number of amides is 1. The van der Waals surface area contributed by atoms with Crippen molar-refractivity contribution < 1.29 is 24.2 Å². The van der Waals surface area contributed by atoms with Crippen molar-refractivity contribution in [3.63, 3.8) is 0 Å². The molecule has 1 aromatic rings. The quantitative estimate of drug-likeness (QED) is 0.686. The van der Waals surface area contributed by atoms with E-state index in [1.165, 1.54) is 10.8 Å². The van der Waals surface area contributed by atoms with E-state index in [1.54, 1.807) is 27.7 Å². The predicted molar refractivity (Wildman–Crippen MR) is 94.6 cm³/mol. The van der Waals surface area contributed by atoms with Crippen LogP contribution >= 0.6 is 0 Å². The zero-order valence-electron chi connectivity index (χ0n) is 15.8. The number of hydrogen-bond donors (Lipinski definition) is 3. The summed E-state index contributed by atoms with van der Waals surface area (Å²) in [6, 6.07) is -0.539. The Hall–Kier alpha value is -2.62. The zero-order valence-corrected chi connectivity index (χ0v) is 15.8. The number of alkyl carbamates (subject to hydrolysis) is 1. The van der Waals surface area contributed by atoms with Gasteiger partial charge in [-0.1, -0.05) is 0 Å². The molecule has 2 heterocycles. The molecule has 27 heavy (non-hydrogen) atoms. The van der Waals surface area contributed by atoms with Crippen LogP contribution in [-0.2, 0) is 14.3 Å². The van der Waals surface area contributed by atoms with Crippen molar-refractivity contribution in [1.82, 2.24) is 14.9 Å². The topological polar surface area (TPSA) is 140 Å². The van der Waals surface area contributed by atoms with Gasteiger partial charge in [0.2, 0.25) is 0 Å². The first-order valence-corrected chi connectivity index (χ1v) is 8.65. The van der Waals surface area contributed by atoms with Gasteiger partial charge < -0.3 is 19.9 Å². The minimum Gasteiger partial charge on any atom is -0.481 e. The van der Waals surface area contributed by atoms with Crippen LogP contribution in [0.5, 0.6) is 0 Å². The molecule has 0 saturated carbocycles. The van der Waals surface area contributed by atoms with Gasteiger partial charge in [-0.15, -0.1) is 0 Å². The van der Waals surface area contributed by atoms with Crippen molar-refractivity contribution in [3.05, 3.63) is 32.6 Å². The van der Waals surface area contributed by atoms with Gasteiger partial charge in [0.05, 0.1) is 12.1 Å². The molecular weight excluding hydrogens is 358 g/mol. The van der Waals surface area contributed by atoms with Gasteiger partial charge in [0, 0.05) is 24.6 Å². The summed E-state index contributed by atoms with van der Waals surface area (Å²) in [4.78, 5) is 48.8. The van der Waals surface area contributed by atoms with Gasteiger partial charge in [0.15, 0.2) is 0 Å². The fourth-order valence-electron chi connectivity index (χ4n) is 2.85. The lowest BCUT2D eigenvalue weighted by Crippen LogP contribution is -2.43. The minimum absolute atomic E-state index is 0.149. The molecule has 1 amide bonds. The molecule has 0 aromatic carbocycles. The largest absolute Gasteiger partial charge is 0.481 e. The third kappa shape index (κ3) is 5.68. The maximum absolute atomic E-state index is 12.1. The van der Waals surface area contributed by atoms with Gasteiger partial charge in [-0.05, 0) is 34.1 Å². The Kier molecular flexibility index (Phi) is 6.09. The van der Waals surface area contributed by atoms with Crippen molar-refractivity contribution >= 4 is 12.1 Å². The molecule has 10 heteroatoms. The maximum atomic E-state index is 12.1. The lowest BCUT2D eigenvalue weighted by atomic mass is 10.1. The highest BCUT2D eigenvalue weighted by Crippen LogP contribution is 2.30. The van der Waals surface area contributed by atoms with Crippen LogP contribution in [0.4, 0.5) is 4.79 Å². The number of H-pyrrole nitrogens is 1. The van der Waals surface area contributed by atoms with E-state index in [4.69, 9.17) is 14.6 Å². The summed E-state index contributed by atoms with van der Waals surface area (Å²) in [6.45, 7) is 6.74. The number of carboxylic acids is 1. The van der Waals surface area contributed by atoms with E-state index in [2.05, 4.69) is 10.3 Å². The van der Waals surface area contributed by atoms with Crippen LogP contribution in [0.15, 0.2) is 15.8 Å². The minimum atomic E-state index is -0.991. The second-order valence-electron chi connectivity index (χ2n) is 7.53. The first kappa shape index (κ1) is 20.7. The molecule has 1 saturated heterocycles. The zero-order chi connectivity index (χ0) is 20.4. The Labute approximate surface area is 155 Å². The fraction of sp³-hybridized carbons (Fsp3) is 0.647. The Morgan fingerprint density at radius 2 is 2.07 bits per heavy atom. The number of carbonyl (C=O) groups is 2. The molecule has 2 rings (SSSR count). The molecule has 0 unspecified atom stereocenters. The highest BCUT2D eigenvalue weighted by molar-refractivity contribution is 5.68. The number of nitrogens with one attached hydrogen (secondary N) is 2. The van der Waals surface area contributed by atoms with Gasteiger partial charge in [-0.25, -0.2) is 9.59 Å². The summed E-state index contributed by atoms with van der Waals surface area (Å²) in [7, 11) is 0. The van der Waals surface area contributed by atoms with Crippen LogP contribution in [0.2, 0.25) is 0 Å². The third-order valence-electron chi connectivity index (χ3n) is 4.04. The Balaban J connectivity index is 2.20. The molecule has 0 bridgehead atoms. The van der Waals surface area contributed by atoms with Gasteiger partial charge in [0.25, 0.3) is 5.56 Å². The molecular formula is C17H25N3O7. The molecule has 0 aliphatic carbocycles. The van der Waals surface area contributed by atoms with Crippen molar-refractivity contribution in [2.75, 3.05) is 0 Å². The second kappa shape index (κ2) is 7.95. The maximum Gasteiger partial charge on any atom is 0.407 e. The molecule has 3 atom stereocenters. The first-order chi connectivity index (χ1) is 12.5. The molecule has 1 aliphatic heterocycles. The number of carboxylic acid groups (broad SMARTS) is 1. The second-order valence-corrected chi connectivity index (χ2v) is 7.53. The van der Waals surface area contributed by atoms with E-state index in [1.807, 2.05) is 0 Å². The molecule has 150 valence electrons. The number of nitrogens with zero attached hydrogens (tertiary/aromatic N) is 1. The number of aliphatic carboxylic acids is 1. The van der Waals surface area contributed by atoms with Gasteiger partial charge in [0.1, 0.15) is 11.8 Å². The monoisotopic (exact) mass is 383 g/mol. The summed E-state index contributed by atoms with van der Waals surface area (Å²) in [5.74, 6) is -0.991. The van der Waals surface area contributed by atoms with Gasteiger partial charge >= 0.3 is 17.8 Å². The van der Waals surface area contributed by atoms with E-state index >= 15 is 0 Å². The van der Waals surface area contributed by atoms with Crippen LogP contribution < -0.4 is 16.6 Å². The normalized spacial score (nSPS) is 22.4. The number of aryl methyl sites for hydroxylation is 1. The molecule has 10 nitrogen and oxygen atoms in total. The number of rotatable bonds is 5. The summed E-state index contributed by atoms with van der Waals surface area (Å²) in [6.07, 6.45) is -0.385. The average molecular weight is 383 g/mol. The molecule has 0 spiro atoms. The summed E-state index contributed by atoms with van der Waals surface area (Å²) in [5, 5.41) is 11.6. The Morgan fingerprint density at radius 1 is 1.41 bits per heavy atom. The highest BCUT2D eigenvalue weighted by atomic mass is 16.6. The van der Waals surface area contributed by atoms with E-state index in [-0.39, 0.29) is 19.3 Å². The number of aromatic nitrogens is 2.